The van der Waals surface area contributed by atoms with Crippen molar-refractivity contribution >= 4 is 0 Å². The Morgan fingerprint density at radius 2 is 2.40 bits per heavy atom. The van der Waals surface area contributed by atoms with Gasteiger partial charge < -0.3 is 5.73 Å². The molecule has 5 heteroatoms. The van der Waals surface area contributed by atoms with E-state index < -0.39 is 0 Å². The first-order valence-corrected chi connectivity index (χ1v) is 4.80. The number of nitrogens with zero attached hydrogens (tertiary/aromatic N) is 4. The SMILES string of the molecule is CC(N)c1cn(Cc2cccnc2)nn1. The molecule has 2 aromatic rings. The second kappa shape index (κ2) is 4.18. The van der Waals surface area contributed by atoms with E-state index >= 15 is 0 Å². The molecule has 0 amide bonds. The highest BCUT2D eigenvalue weighted by molar-refractivity contribution is 5.09. The molecule has 2 N–H and O–H groups in total. The maximum atomic E-state index is 5.69. The molecule has 0 aliphatic heterocycles. The summed E-state index contributed by atoms with van der Waals surface area (Å²) < 4.78 is 1.76. The zero-order valence-corrected chi connectivity index (χ0v) is 8.54. The first-order valence-electron chi connectivity index (χ1n) is 4.80. The van der Waals surface area contributed by atoms with Crippen molar-refractivity contribution in [3.8, 4) is 0 Å². The van der Waals surface area contributed by atoms with Gasteiger partial charge in [-0.2, -0.15) is 0 Å². The maximum Gasteiger partial charge on any atom is 0.0991 e. The molecule has 0 bridgehead atoms. The van der Waals surface area contributed by atoms with E-state index in [-0.39, 0.29) is 6.04 Å². The Kier molecular flexibility index (Phi) is 2.73. The largest absolute Gasteiger partial charge is 0.323 e. The second-order valence-corrected chi connectivity index (χ2v) is 3.49. The van der Waals surface area contributed by atoms with Gasteiger partial charge in [-0.05, 0) is 18.6 Å². The monoisotopic (exact) mass is 203 g/mol. The Hall–Kier alpha value is -1.75. The van der Waals surface area contributed by atoms with Crippen molar-refractivity contribution < 1.29 is 0 Å². The molecular formula is C10H13N5. The molecule has 0 aliphatic rings. The van der Waals surface area contributed by atoms with Crippen molar-refractivity contribution in [2.45, 2.75) is 19.5 Å². The van der Waals surface area contributed by atoms with Crippen LogP contribution in [0.4, 0.5) is 0 Å². The van der Waals surface area contributed by atoms with E-state index in [0.29, 0.717) is 6.54 Å². The minimum absolute atomic E-state index is 0.0763. The first kappa shape index (κ1) is 9.79. The Labute approximate surface area is 87.9 Å². The van der Waals surface area contributed by atoms with Gasteiger partial charge in [-0.25, -0.2) is 4.68 Å². The summed E-state index contributed by atoms with van der Waals surface area (Å²) in [5.74, 6) is 0. The Morgan fingerprint density at radius 3 is 3.00 bits per heavy atom. The van der Waals surface area contributed by atoms with E-state index in [4.69, 9.17) is 5.73 Å². The molecule has 1 unspecified atom stereocenters. The average molecular weight is 203 g/mol. The number of hydrogen-bond donors (Lipinski definition) is 1. The lowest BCUT2D eigenvalue weighted by Crippen LogP contribution is -2.05. The fraction of sp³-hybridized carbons (Fsp3) is 0.300. The van der Waals surface area contributed by atoms with Crippen LogP contribution in [-0.4, -0.2) is 20.0 Å². The number of hydrogen-bond acceptors (Lipinski definition) is 4. The van der Waals surface area contributed by atoms with Crippen LogP contribution < -0.4 is 5.73 Å². The first-order chi connectivity index (χ1) is 7.25. The molecule has 2 rings (SSSR count). The zero-order chi connectivity index (χ0) is 10.7. The fourth-order valence-electron chi connectivity index (χ4n) is 1.28. The van der Waals surface area contributed by atoms with Gasteiger partial charge in [0.05, 0.1) is 18.4 Å². The standard InChI is InChI=1S/C10H13N5/c1-8(11)10-7-15(14-13-10)6-9-3-2-4-12-5-9/h2-5,7-8H,6,11H2,1H3. The zero-order valence-electron chi connectivity index (χ0n) is 8.54. The smallest absolute Gasteiger partial charge is 0.0991 e. The predicted molar refractivity (Wildman–Crippen MR) is 56.0 cm³/mol. The summed E-state index contributed by atoms with van der Waals surface area (Å²) in [6.07, 6.45) is 5.42. The van der Waals surface area contributed by atoms with E-state index in [2.05, 4.69) is 15.3 Å². The fourth-order valence-corrected chi connectivity index (χ4v) is 1.28. The molecule has 5 nitrogen and oxygen atoms in total. The molecule has 15 heavy (non-hydrogen) atoms. The predicted octanol–water partition coefficient (Wildman–Crippen LogP) is 0.741. The molecule has 2 aromatic heterocycles. The van der Waals surface area contributed by atoms with Crippen LogP contribution in [0, 0.1) is 0 Å². The Balaban J connectivity index is 2.12. The van der Waals surface area contributed by atoms with Crippen LogP contribution in [-0.2, 0) is 6.54 Å². The highest BCUT2D eigenvalue weighted by Crippen LogP contribution is 2.05. The number of pyridine rings is 1. The Bertz CT molecular complexity index is 420. The maximum absolute atomic E-state index is 5.69. The van der Waals surface area contributed by atoms with Gasteiger partial charge in [-0.1, -0.05) is 11.3 Å². The van der Waals surface area contributed by atoms with Gasteiger partial charge in [0.15, 0.2) is 0 Å². The summed E-state index contributed by atoms with van der Waals surface area (Å²) in [5, 5.41) is 7.97. The molecule has 0 saturated carbocycles. The number of nitrogens with two attached hydrogens (primary N) is 1. The van der Waals surface area contributed by atoms with Crippen molar-refractivity contribution in [3.05, 3.63) is 42.0 Å². The van der Waals surface area contributed by atoms with Crippen LogP contribution in [0.15, 0.2) is 30.7 Å². The van der Waals surface area contributed by atoms with Gasteiger partial charge in [-0.15, -0.1) is 5.10 Å². The third-order valence-electron chi connectivity index (χ3n) is 2.09. The van der Waals surface area contributed by atoms with Crippen LogP contribution in [0.2, 0.25) is 0 Å². The molecule has 0 fully saturated rings. The highest BCUT2D eigenvalue weighted by Gasteiger charge is 2.04. The van der Waals surface area contributed by atoms with Crippen molar-refractivity contribution in [3.63, 3.8) is 0 Å². The molecule has 1 atom stereocenters. The van der Waals surface area contributed by atoms with Gasteiger partial charge in [0, 0.05) is 18.4 Å². The van der Waals surface area contributed by atoms with Crippen molar-refractivity contribution in [1.82, 2.24) is 20.0 Å². The molecule has 0 radical (unpaired) electrons. The lowest BCUT2D eigenvalue weighted by atomic mass is 10.3. The van der Waals surface area contributed by atoms with Crippen LogP contribution in [0.1, 0.15) is 24.2 Å². The van der Waals surface area contributed by atoms with E-state index in [1.165, 1.54) is 0 Å². The van der Waals surface area contributed by atoms with Gasteiger partial charge in [-0.3, -0.25) is 4.98 Å². The van der Waals surface area contributed by atoms with Crippen LogP contribution in [0.3, 0.4) is 0 Å². The third kappa shape index (κ3) is 2.38. The minimum Gasteiger partial charge on any atom is -0.323 e. The third-order valence-corrected chi connectivity index (χ3v) is 2.09. The summed E-state index contributed by atoms with van der Waals surface area (Å²) in [6, 6.07) is 3.83. The quantitative estimate of drug-likeness (QED) is 0.798. The summed E-state index contributed by atoms with van der Waals surface area (Å²) in [6.45, 7) is 2.56. The summed E-state index contributed by atoms with van der Waals surface area (Å²) in [4.78, 5) is 4.04. The minimum atomic E-state index is -0.0763. The van der Waals surface area contributed by atoms with Gasteiger partial charge >= 0.3 is 0 Å². The van der Waals surface area contributed by atoms with E-state index in [0.717, 1.165) is 11.3 Å². The highest BCUT2D eigenvalue weighted by atomic mass is 15.4. The molecule has 0 aromatic carbocycles. The topological polar surface area (TPSA) is 69.6 Å². The van der Waals surface area contributed by atoms with Crippen molar-refractivity contribution in [1.29, 1.82) is 0 Å². The lowest BCUT2D eigenvalue weighted by molar-refractivity contribution is 0.647. The summed E-state index contributed by atoms with van der Waals surface area (Å²) in [7, 11) is 0. The van der Waals surface area contributed by atoms with Crippen LogP contribution in [0.25, 0.3) is 0 Å². The van der Waals surface area contributed by atoms with Gasteiger partial charge in [0.1, 0.15) is 0 Å². The summed E-state index contributed by atoms with van der Waals surface area (Å²) in [5.41, 5.74) is 7.59. The number of rotatable bonds is 3. The lowest BCUT2D eigenvalue weighted by Gasteiger charge is -1.99. The van der Waals surface area contributed by atoms with E-state index in [1.807, 2.05) is 31.5 Å². The Morgan fingerprint density at radius 1 is 1.53 bits per heavy atom. The van der Waals surface area contributed by atoms with Crippen LogP contribution >= 0.6 is 0 Å². The molecule has 0 saturated heterocycles. The molecule has 78 valence electrons. The van der Waals surface area contributed by atoms with E-state index in [9.17, 15) is 0 Å². The van der Waals surface area contributed by atoms with Crippen LogP contribution in [0.5, 0.6) is 0 Å². The molecule has 2 heterocycles. The summed E-state index contributed by atoms with van der Waals surface area (Å²) >= 11 is 0. The van der Waals surface area contributed by atoms with Crippen molar-refractivity contribution in [2.24, 2.45) is 5.73 Å². The second-order valence-electron chi connectivity index (χ2n) is 3.49. The molecular weight excluding hydrogens is 190 g/mol. The van der Waals surface area contributed by atoms with Gasteiger partial charge in [0.25, 0.3) is 0 Å². The number of aromatic nitrogens is 4. The normalized spacial score (nSPS) is 12.7. The molecule has 0 aliphatic carbocycles. The van der Waals surface area contributed by atoms with E-state index in [1.54, 1.807) is 10.9 Å². The molecule has 0 spiro atoms. The average Bonchev–Trinajstić information content (AvgIpc) is 2.68. The van der Waals surface area contributed by atoms with Crippen molar-refractivity contribution in [2.75, 3.05) is 0 Å². The van der Waals surface area contributed by atoms with Gasteiger partial charge in [0.2, 0.25) is 0 Å².